The molecule has 0 heterocycles. The lowest BCUT2D eigenvalue weighted by molar-refractivity contribution is 0.0526. The van der Waals surface area contributed by atoms with E-state index < -0.39 is 5.60 Å². The van der Waals surface area contributed by atoms with Gasteiger partial charge in [0.2, 0.25) is 0 Å². The summed E-state index contributed by atoms with van der Waals surface area (Å²) in [5.74, 6) is 0.671. The standard InChI is InChI=1S/C16H34N2O3/c1-7-13(2)11-18-14(12-20-6)9-8-10-17-15(19)21-16(3,4)5/h13-14,18H,7-12H2,1-6H3,(H,17,19). The fourth-order valence-corrected chi connectivity index (χ4v) is 1.81. The van der Waals surface area contributed by atoms with Crippen molar-refractivity contribution in [3.8, 4) is 0 Å². The molecule has 0 saturated heterocycles. The van der Waals surface area contributed by atoms with Gasteiger partial charge in [0.25, 0.3) is 0 Å². The van der Waals surface area contributed by atoms with Gasteiger partial charge in [-0.1, -0.05) is 20.3 Å². The van der Waals surface area contributed by atoms with E-state index in [1.807, 2.05) is 20.8 Å². The summed E-state index contributed by atoms with van der Waals surface area (Å²) in [6, 6.07) is 0.337. The van der Waals surface area contributed by atoms with Gasteiger partial charge in [-0.05, 0) is 46.1 Å². The molecule has 0 spiro atoms. The molecule has 0 aliphatic heterocycles. The highest BCUT2D eigenvalue weighted by atomic mass is 16.6. The number of methoxy groups -OCH3 is 1. The van der Waals surface area contributed by atoms with Gasteiger partial charge in [-0.15, -0.1) is 0 Å². The monoisotopic (exact) mass is 302 g/mol. The highest BCUT2D eigenvalue weighted by Crippen LogP contribution is 2.06. The van der Waals surface area contributed by atoms with Crippen molar-refractivity contribution in [2.24, 2.45) is 5.92 Å². The number of rotatable bonds is 10. The maximum atomic E-state index is 11.5. The Bertz CT molecular complexity index is 277. The van der Waals surface area contributed by atoms with Crippen LogP contribution in [0.5, 0.6) is 0 Å². The van der Waals surface area contributed by atoms with E-state index in [4.69, 9.17) is 9.47 Å². The van der Waals surface area contributed by atoms with Crippen LogP contribution < -0.4 is 10.6 Å². The number of hydrogen-bond donors (Lipinski definition) is 2. The maximum Gasteiger partial charge on any atom is 0.407 e. The maximum absolute atomic E-state index is 11.5. The Kier molecular flexibility index (Phi) is 10.4. The second-order valence-electron chi connectivity index (χ2n) is 6.64. The van der Waals surface area contributed by atoms with E-state index in [1.165, 1.54) is 6.42 Å². The second kappa shape index (κ2) is 10.9. The zero-order valence-electron chi connectivity index (χ0n) is 14.6. The van der Waals surface area contributed by atoms with E-state index in [1.54, 1.807) is 7.11 Å². The number of ether oxygens (including phenoxy) is 2. The zero-order chi connectivity index (χ0) is 16.3. The lowest BCUT2D eigenvalue weighted by Gasteiger charge is -2.21. The molecule has 0 aliphatic carbocycles. The minimum atomic E-state index is -0.444. The molecule has 0 aromatic carbocycles. The molecule has 0 fully saturated rings. The largest absolute Gasteiger partial charge is 0.444 e. The van der Waals surface area contributed by atoms with Gasteiger partial charge in [0.15, 0.2) is 0 Å². The average Bonchev–Trinajstić information content (AvgIpc) is 2.38. The Hall–Kier alpha value is -0.810. The highest BCUT2D eigenvalue weighted by Gasteiger charge is 2.15. The topological polar surface area (TPSA) is 59.6 Å². The van der Waals surface area contributed by atoms with Crippen molar-refractivity contribution >= 4 is 6.09 Å². The molecule has 0 aromatic heterocycles. The van der Waals surface area contributed by atoms with Crippen LogP contribution in [0.3, 0.4) is 0 Å². The van der Waals surface area contributed by atoms with Crippen molar-refractivity contribution in [1.29, 1.82) is 0 Å². The van der Waals surface area contributed by atoms with Crippen LogP contribution in [0.4, 0.5) is 4.79 Å². The quantitative estimate of drug-likeness (QED) is 0.609. The lowest BCUT2D eigenvalue weighted by atomic mass is 10.1. The molecule has 0 radical (unpaired) electrons. The van der Waals surface area contributed by atoms with E-state index in [0.717, 1.165) is 19.4 Å². The van der Waals surface area contributed by atoms with E-state index in [-0.39, 0.29) is 6.09 Å². The molecule has 5 nitrogen and oxygen atoms in total. The van der Waals surface area contributed by atoms with Crippen LogP contribution >= 0.6 is 0 Å². The number of hydrogen-bond acceptors (Lipinski definition) is 4. The first-order chi connectivity index (χ1) is 9.78. The van der Waals surface area contributed by atoms with Crippen molar-refractivity contribution in [2.45, 2.75) is 65.5 Å². The van der Waals surface area contributed by atoms with Gasteiger partial charge in [0.1, 0.15) is 5.60 Å². The fraction of sp³-hybridized carbons (Fsp3) is 0.938. The van der Waals surface area contributed by atoms with Crippen LogP contribution in [0, 0.1) is 5.92 Å². The van der Waals surface area contributed by atoms with Crippen LogP contribution in [-0.2, 0) is 9.47 Å². The van der Waals surface area contributed by atoms with Crippen LogP contribution in [-0.4, -0.2) is 44.5 Å². The van der Waals surface area contributed by atoms with Gasteiger partial charge < -0.3 is 20.1 Å². The molecule has 0 rings (SSSR count). The summed E-state index contributed by atoms with van der Waals surface area (Å²) in [6.07, 6.45) is 2.70. The Balaban J connectivity index is 3.85. The van der Waals surface area contributed by atoms with E-state index >= 15 is 0 Å². The number of alkyl carbamates (subject to hydrolysis) is 1. The molecule has 0 aliphatic rings. The molecule has 2 atom stereocenters. The van der Waals surface area contributed by atoms with Crippen LogP contribution in [0.15, 0.2) is 0 Å². The molecular formula is C16H34N2O3. The van der Waals surface area contributed by atoms with Crippen LogP contribution in [0.25, 0.3) is 0 Å². The Morgan fingerprint density at radius 2 is 1.95 bits per heavy atom. The summed E-state index contributed by atoms with van der Waals surface area (Å²) >= 11 is 0. The highest BCUT2D eigenvalue weighted by molar-refractivity contribution is 5.67. The Labute approximate surface area is 130 Å². The smallest absolute Gasteiger partial charge is 0.407 e. The third kappa shape index (κ3) is 12.6. The normalized spacial score (nSPS) is 14.6. The summed E-state index contributed by atoms with van der Waals surface area (Å²) in [5, 5.41) is 6.31. The van der Waals surface area contributed by atoms with Crippen molar-refractivity contribution in [2.75, 3.05) is 26.8 Å². The minimum absolute atomic E-state index is 0.337. The molecule has 0 aromatic rings. The first kappa shape index (κ1) is 20.2. The molecule has 0 saturated carbocycles. The molecule has 126 valence electrons. The van der Waals surface area contributed by atoms with Crippen molar-refractivity contribution < 1.29 is 14.3 Å². The van der Waals surface area contributed by atoms with Crippen molar-refractivity contribution in [1.82, 2.24) is 10.6 Å². The van der Waals surface area contributed by atoms with Gasteiger partial charge >= 0.3 is 6.09 Å². The third-order valence-electron chi connectivity index (χ3n) is 3.22. The minimum Gasteiger partial charge on any atom is -0.444 e. The first-order valence-corrected chi connectivity index (χ1v) is 7.97. The number of carbonyl (C=O) groups is 1. The van der Waals surface area contributed by atoms with E-state index in [2.05, 4.69) is 24.5 Å². The SMILES string of the molecule is CCC(C)CNC(CCCNC(=O)OC(C)(C)C)COC. The second-order valence-corrected chi connectivity index (χ2v) is 6.64. The van der Waals surface area contributed by atoms with Gasteiger partial charge in [-0.25, -0.2) is 4.79 Å². The Morgan fingerprint density at radius 3 is 2.48 bits per heavy atom. The molecule has 1 amide bonds. The summed E-state index contributed by atoms with van der Waals surface area (Å²) in [7, 11) is 1.72. The molecule has 5 heteroatoms. The third-order valence-corrected chi connectivity index (χ3v) is 3.22. The summed E-state index contributed by atoms with van der Waals surface area (Å²) in [6.45, 7) is 12.3. The number of carbonyl (C=O) groups excluding carboxylic acids is 1. The van der Waals surface area contributed by atoms with Gasteiger partial charge in [-0.2, -0.15) is 0 Å². The molecule has 2 N–H and O–H groups in total. The van der Waals surface area contributed by atoms with Gasteiger partial charge in [-0.3, -0.25) is 0 Å². The first-order valence-electron chi connectivity index (χ1n) is 7.97. The summed E-state index contributed by atoms with van der Waals surface area (Å²) in [5.41, 5.74) is -0.444. The number of nitrogens with one attached hydrogen (secondary N) is 2. The van der Waals surface area contributed by atoms with Gasteiger partial charge in [0, 0.05) is 19.7 Å². The number of amides is 1. The lowest BCUT2D eigenvalue weighted by Crippen LogP contribution is -2.37. The predicted octanol–water partition coefficient (Wildman–Crippen LogP) is 2.94. The van der Waals surface area contributed by atoms with E-state index in [0.29, 0.717) is 25.1 Å². The molecule has 0 bridgehead atoms. The van der Waals surface area contributed by atoms with Crippen molar-refractivity contribution in [3.05, 3.63) is 0 Å². The van der Waals surface area contributed by atoms with E-state index in [9.17, 15) is 4.79 Å². The van der Waals surface area contributed by atoms with Crippen LogP contribution in [0.1, 0.15) is 53.9 Å². The predicted molar refractivity (Wildman–Crippen MR) is 86.6 cm³/mol. The van der Waals surface area contributed by atoms with Crippen molar-refractivity contribution in [3.63, 3.8) is 0 Å². The fourth-order valence-electron chi connectivity index (χ4n) is 1.81. The Morgan fingerprint density at radius 1 is 1.29 bits per heavy atom. The summed E-state index contributed by atoms with van der Waals surface area (Å²) in [4.78, 5) is 11.5. The zero-order valence-corrected chi connectivity index (χ0v) is 14.6. The van der Waals surface area contributed by atoms with Gasteiger partial charge in [0.05, 0.1) is 6.61 Å². The average molecular weight is 302 g/mol. The molecule has 21 heavy (non-hydrogen) atoms. The summed E-state index contributed by atoms with van der Waals surface area (Å²) < 4.78 is 10.4. The van der Waals surface area contributed by atoms with Crippen LogP contribution in [0.2, 0.25) is 0 Å². The molecule has 2 unspecified atom stereocenters. The molecular weight excluding hydrogens is 268 g/mol.